The van der Waals surface area contributed by atoms with E-state index in [1.807, 2.05) is 42.9 Å². The largest absolute Gasteiger partial charge is 0.366 e. The summed E-state index contributed by atoms with van der Waals surface area (Å²) in [5.41, 5.74) is 3.21. The molecule has 3 aromatic heterocycles. The van der Waals surface area contributed by atoms with Crippen molar-refractivity contribution in [3.05, 3.63) is 53.7 Å². The summed E-state index contributed by atoms with van der Waals surface area (Å²) in [6.07, 6.45) is 5.91. The second-order valence-corrected chi connectivity index (χ2v) is 6.63. The van der Waals surface area contributed by atoms with Gasteiger partial charge in [-0.3, -0.25) is 0 Å². The van der Waals surface area contributed by atoms with E-state index in [0.717, 1.165) is 41.9 Å². The van der Waals surface area contributed by atoms with Gasteiger partial charge in [0.2, 0.25) is 0 Å². The normalized spacial score (nSPS) is 14.0. The summed E-state index contributed by atoms with van der Waals surface area (Å²) in [7, 11) is 0. The Kier molecular flexibility index (Phi) is 4.51. The van der Waals surface area contributed by atoms with Crippen LogP contribution in [0.2, 0.25) is 0 Å². The average molecular weight is 349 g/mol. The molecule has 0 bridgehead atoms. The standard InChI is InChI=1S/C19H23N7/c1-14-10-15(2)26(24-14)18-11-17(22-13-23-18)21-12-16-6-5-7-20-19(16)25-8-3-4-9-25/h5-7,10-11,13H,3-4,8-9,12H2,1-2H3,(H,21,22,23). The fourth-order valence-corrected chi connectivity index (χ4v) is 3.39. The van der Waals surface area contributed by atoms with Crippen LogP contribution in [0.5, 0.6) is 0 Å². The molecule has 3 aromatic rings. The van der Waals surface area contributed by atoms with Crippen molar-refractivity contribution in [1.82, 2.24) is 24.7 Å². The molecule has 7 heteroatoms. The molecule has 0 aliphatic carbocycles. The van der Waals surface area contributed by atoms with Crippen molar-refractivity contribution < 1.29 is 0 Å². The third kappa shape index (κ3) is 3.37. The zero-order chi connectivity index (χ0) is 17.9. The fourth-order valence-electron chi connectivity index (χ4n) is 3.39. The second kappa shape index (κ2) is 7.11. The molecule has 1 N–H and O–H groups in total. The van der Waals surface area contributed by atoms with E-state index in [0.29, 0.717) is 6.54 Å². The Labute approximate surface area is 153 Å². The summed E-state index contributed by atoms with van der Waals surface area (Å²) < 4.78 is 1.84. The first-order valence-corrected chi connectivity index (χ1v) is 8.99. The number of hydrogen-bond acceptors (Lipinski definition) is 6. The highest BCUT2D eigenvalue weighted by molar-refractivity contribution is 5.50. The van der Waals surface area contributed by atoms with Gasteiger partial charge in [-0.1, -0.05) is 6.07 Å². The van der Waals surface area contributed by atoms with Gasteiger partial charge in [0.25, 0.3) is 0 Å². The topological polar surface area (TPSA) is 71.8 Å². The minimum absolute atomic E-state index is 0.674. The molecule has 0 aromatic carbocycles. The van der Waals surface area contributed by atoms with Crippen LogP contribution in [0, 0.1) is 13.8 Å². The molecular weight excluding hydrogens is 326 g/mol. The Bertz CT molecular complexity index is 896. The van der Waals surface area contributed by atoms with Crippen molar-refractivity contribution in [2.24, 2.45) is 0 Å². The molecule has 0 radical (unpaired) electrons. The highest BCUT2D eigenvalue weighted by atomic mass is 15.3. The molecule has 0 amide bonds. The Hall–Kier alpha value is -2.96. The third-order valence-electron chi connectivity index (χ3n) is 4.61. The SMILES string of the molecule is Cc1cc(C)n(-c2cc(NCc3cccnc3N3CCCC3)ncn2)n1. The molecule has 1 aliphatic heterocycles. The average Bonchev–Trinajstić information content (AvgIpc) is 3.30. The van der Waals surface area contributed by atoms with Gasteiger partial charge in [0.15, 0.2) is 5.82 Å². The van der Waals surface area contributed by atoms with E-state index in [4.69, 9.17) is 0 Å². The lowest BCUT2D eigenvalue weighted by Crippen LogP contribution is -2.21. The summed E-state index contributed by atoms with van der Waals surface area (Å²) in [5, 5.41) is 7.89. The van der Waals surface area contributed by atoms with Gasteiger partial charge in [-0.15, -0.1) is 0 Å². The quantitative estimate of drug-likeness (QED) is 0.764. The van der Waals surface area contributed by atoms with E-state index in [-0.39, 0.29) is 0 Å². The van der Waals surface area contributed by atoms with E-state index in [1.165, 1.54) is 18.4 Å². The number of rotatable bonds is 5. The van der Waals surface area contributed by atoms with Gasteiger partial charge in [0.1, 0.15) is 18.0 Å². The van der Waals surface area contributed by atoms with Gasteiger partial charge >= 0.3 is 0 Å². The van der Waals surface area contributed by atoms with E-state index >= 15 is 0 Å². The summed E-state index contributed by atoms with van der Waals surface area (Å²) in [5.74, 6) is 2.61. The molecule has 0 unspecified atom stereocenters. The maximum atomic E-state index is 4.59. The first-order chi connectivity index (χ1) is 12.7. The summed E-state index contributed by atoms with van der Waals surface area (Å²) >= 11 is 0. The zero-order valence-electron chi connectivity index (χ0n) is 15.2. The monoisotopic (exact) mass is 349 g/mol. The Morgan fingerprint density at radius 3 is 2.69 bits per heavy atom. The van der Waals surface area contributed by atoms with Gasteiger partial charge < -0.3 is 10.2 Å². The molecule has 134 valence electrons. The predicted molar refractivity (Wildman–Crippen MR) is 102 cm³/mol. The minimum Gasteiger partial charge on any atom is -0.366 e. The van der Waals surface area contributed by atoms with Gasteiger partial charge in [-0.2, -0.15) is 5.10 Å². The highest BCUT2D eigenvalue weighted by Crippen LogP contribution is 2.22. The second-order valence-electron chi connectivity index (χ2n) is 6.63. The Balaban J connectivity index is 1.52. The highest BCUT2D eigenvalue weighted by Gasteiger charge is 2.16. The van der Waals surface area contributed by atoms with E-state index in [2.05, 4.69) is 36.3 Å². The van der Waals surface area contributed by atoms with E-state index in [9.17, 15) is 0 Å². The third-order valence-corrected chi connectivity index (χ3v) is 4.61. The van der Waals surface area contributed by atoms with Crippen molar-refractivity contribution in [3.8, 4) is 5.82 Å². The van der Waals surface area contributed by atoms with E-state index in [1.54, 1.807) is 6.33 Å². The van der Waals surface area contributed by atoms with Crippen LogP contribution in [0.15, 0.2) is 36.8 Å². The predicted octanol–water partition coefficient (Wildman–Crippen LogP) is 2.89. The van der Waals surface area contributed by atoms with Crippen LogP contribution in [0.4, 0.5) is 11.6 Å². The van der Waals surface area contributed by atoms with E-state index < -0.39 is 0 Å². The molecule has 1 aliphatic rings. The lowest BCUT2D eigenvalue weighted by Gasteiger charge is -2.20. The maximum absolute atomic E-state index is 4.59. The molecule has 4 rings (SSSR count). The number of nitrogens with one attached hydrogen (secondary N) is 1. The van der Waals surface area contributed by atoms with Crippen molar-refractivity contribution in [1.29, 1.82) is 0 Å². The Morgan fingerprint density at radius 1 is 1.08 bits per heavy atom. The number of nitrogens with zero attached hydrogens (tertiary/aromatic N) is 6. The summed E-state index contributed by atoms with van der Waals surface area (Å²) in [6, 6.07) is 8.06. The minimum atomic E-state index is 0.674. The van der Waals surface area contributed by atoms with Crippen LogP contribution < -0.4 is 10.2 Å². The molecular formula is C19H23N7. The number of pyridine rings is 1. The molecule has 0 spiro atoms. The van der Waals surface area contributed by atoms with Crippen LogP contribution in [-0.4, -0.2) is 37.8 Å². The molecule has 0 saturated carbocycles. The fraction of sp³-hybridized carbons (Fsp3) is 0.368. The van der Waals surface area contributed by atoms with Gasteiger partial charge in [-0.25, -0.2) is 19.6 Å². The van der Waals surface area contributed by atoms with Crippen LogP contribution >= 0.6 is 0 Å². The van der Waals surface area contributed by atoms with Gasteiger partial charge in [0.05, 0.1) is 5.69 Å². The van der Waals surface area contributed by atoms with Gasteiger partial charge in [0, 0.05) is 43.2 Å². The van der Waals surface area contributed by atoms with Crippen LogP contribution in [0.1, 0.15) is 29.8 Å². The molecule has 4 heterocycles. The van der Waals surface area contributed by atoms with Crippen molar-refractivity contribution in [3.63, 3.8) is 0 Å². The Morgan fingerprint density at radius 2 is 1.92 bits per heavy atom. The molecule has 1 fully saturated rings. The lowest BCUT2D eigenvalue weighted by molar-refractivity contribution is 0.800. The number of hydrogen-bond donors (Lipinski definition) is 1. The number of anilines is 2. The van der Waals surface area contributed by atoms with Crippen molar-refractivity contribution >= 4 is 11.6 Å². The van der Waals surface area contributed by atoms with Crippen molar-refractivity contribution in [2.75, 3.05) is 23.3 Å². The van der Waals surface area contributed by atoms with Crippen molar-refractivity contribution in [2.45, 2.75) is 33.2 Å². The smallest absolute Gasteiger partial charge is 0.159 e. The van der Waals surface area contributed by atoms with Gasteiger partial charge in [-0.05, 0) is 38.8 Å². The zero-order valence-corrected chi connectivity index (χ0v) is 15.2. The molecule has 7 nitrogen and oxygen atoms in total. The molecule has 26 heavy (non-hydrogen) atoms. The summed E-state index contributed by atoms with van der Waals surface area (Å²) in [6.45, 7) is 6.84. The first kappa shape index (κ1) is 16.5. The van der Waals surface area contributed by atoms with Crippen LogP contribution in [-0.2, 0) is 6.54 Å². The first-order valence-electron chi connectivity index (χ1n) is 8.99. The number of aryl methyl sites for hydroxylation is 2. The number of aromatic nitrogens is 5. The van der Waals surface area contributed by atoms with Crippen LogP contribution in [0.3, 0.4) is 0 Å². The maximum Gasteiger partial charge on any atom is 0.159 e. The lowest BCUT2D eigenvalue weighted by atomic mass is 10.2. The summed E-state index contributed by atoms with van der Waals surface area (Å²) in [4.78, 5) is 15.6. The van der Waals surface area contributed by atoms with Crippen LogP contribution in [0.25, 0.3) is 5.82 Å². The molecule has 1 saturated heterocycles. The molecule has 0 atom stereocenters.